The minimum atomic E-state index is -0.434. The lowest BCUT2D eigenvalue weighted by molar-refractivity contribution is 0.660. The molecule has 0 radical (unpaired) electrons. The highest BCUT2D eigenvalue weighted by atomic mass is 16.3. The van der Waals surface area contributed by atoms with Crippen LogP contribution in [0.15, 0.2) is 180 Å². The number of hydrogen-bond donors (Lipinski definition) is 0. The fraction of sp³-hybridized carbons (Fsp3) is 0.0769. The molecule has 0 bridgehead atoms. The molecule has 0 saturated heterocycles. The van der Waals surface area contributed by atoms with Crippen LogP contribution in [-0.2, 0) is 10.8 Å². The third-order valence-electron chi connectivity index (χ3n) is 12.7. The summed E-state index contributed by atoms with van der Waals surface area (Å²) in [7, 11) is 0. The molecule has 2 nitrogen and oxygen atoms in total. The topological polar surface area (TPSA) is 16.4 Å². The molecule has 1 spiro atoms. The average Bonchev–Trinajstić information content (AvgIpc) is 3.91. The molecular weight excluding hydrogens is 655 g/mol. The highest BCUT2D eigenvalue weighted by Crippen LogP contribution is 2.63. The first-order chi connectivity index (χ1) is 26.5. The lowest BCUT2D eigenvalue weighted by Gasteiger charge is -2.32. The van der Waals surface area contributed by atoms with Gasteiger partial charge in [0, 0.05) is 22.2 Å². The van der Waals surface area contributed by atoms with Crippen molar-refractivity contribution >= 4 is 39.0 Å². The van der Waals surface area contributed by atoms with Gasteiger partial charge in [-0.05, 0) is 109 Å². The van der Waals surface area contributed by atoms with Crippen molar-refractivity contribution in [2.75, 3.05) is 4.90 Å². The van der Waals surface area contributed by atoms with E-state index in [0.717, 1.165) is 39.0 Å². The van der Waals surface area contributed by atoms with E-state index in [0.29, 0.717) is 0 Å². The Bertz CT molecular complexity index is 2990. The summed E-state index contributed by atoms with van der Waals surface area (Å²) in [5, 5.41) is 2.23. The van der Waals surface area contributed by atoms with Crippen LogP contribution >= 0.6 is 0 Å². The Morgan fingerprint density at radius 3 is 1.57 bits per heavy atom. The van der Waals surface area contributed by atoms with Gasteiger partial charge in [0.1, 0.15) is 11.2 Å². The normalized spacial score (nSPS) is 14.8. The molecule has 1 heterocycles. The van der Waals surface area contributed by atoms with Gasteiger partial charge < -0.3 is 9.32 Å². The summed E-state index contributed by atoms with van der Waals surface area (Å²) in [6.45, 7) is 4.70. The number of hydrogen-bond acceptors (Lipinski definition) is 2. The molecule has 1 aromatic heterocycles. The molecule has 3 aliphatic carbocycles. The third-order valence-corrected chi connectivity index (χ3v) is 12.7. The van der Waals surface area contributed by atoms with Gasteiger partial charge >= 0.3 is 0 Å². The fourth-order valence-corrected chi connectivity index (χ4v) is 10.4. The van der Waals surface area contributed by atoms with E-state index < -0.39 is 5.41 Å². The summed E-state index contributed by atoms with van der Waals surface area (Å²) in [5.41, 5.74) is 20.5. The minimum absolute atomic E-state index is 0.0783. The van der Waals surface area contributed by atoms with E-state index in [1.807, 2.05) is 0 Å². The van der Waals surface area contributed by atoms with Gasteiger partial charge in [-0.25, -0.2) is 0 Å². The maximum absolute atomic E-state index is 6.51. The molecule has 0 N–H and O–H groups in total. The molecule has 54 heavy (non-hydrogen) atoms. The molecule has 0 fully saturated rings. The highest BCUT2D eigenvalue weighted by Gasteiger charge is 2.51. The van der Waals surface area contributed by atoms with Crippen molar-refractivity contribution in [2.45, 2.75) is 24.7 Å². The predicted molar refractivity (Wildman–Crippen MR) is 222 cm³/mol. The summed E-state index contributed by atoms with van der Waals surface area (Å²) < 4.78 is 6.51. The number of nitrogens with zero attached hydrogens (tertiary/aromatic N) is 1. The zero-order chi connectivity index (χ0) is 35.8. The van der Waals surface area contributed by atoms with Gasteiger partial charge in [-0.1, -0.05) is 147 Å². The van der Waals surface area contributed by atoms with Gasteiger partial charge in [0.25, 0.3) is 0 Å². The number of para-hydroxylation sites is 1. The first kappa shape index (κ1) is 29.9. The highest BCUT2D eigenvalue weighted by molar-refractivity contribution is 6.13. The van der Waals surface area contributed by atoms with E-state index in [1.54, 1.807) is 0 Å². The lowest BCUT2D eigenvalue weighted by atomic mass is 9.70. The summed E-state index contributed by atoms with van der Waals surface area (Å²) >= 11 is 0. The van der Waals surface area contributed by atoms with Gasteiger partial charge in [-0.3, -0.25) is 0 Å². The molecule has 3 aliphatic rings. The summed E-state index contributed by atoms with van der Waals surface area (Å²) in [6.07, 6.45) is 0. The second kappa shape index (κ2) is 10.5. The first-order valence-corrected chi connectivity index (χ1v) is 18.9. The molecule has 254 valence electrons. The van der Waals surface area contributed by atoms with Crippen molar-refractivity contribution in [3.63, 3.8) is 0 Å². The Morgan fingerprint density at radius 1 is 0.389 bits per heavy atom. The molecule has 9 aromatic rings. The molecule has 0 saturated carbocycles. The van der Waals surface area contributed by atoms with Crippen LogP contribution in [0.3, 0.4) is 0 Å². The zero-order valence-electron chi connectivity index (χ0n) is 30.1. The van der Waals surface area contributed by atoms with Crippen molar-refractivity contribution in [1.82, 2.24) is 0 Å². The maximum Gasteiger partial charge on any atom is 0.137 e. The van der Waals surface area contributed by atoms with Crippen molar-refractivity contribution < 1.29 is 4.42 Å². The van der Waals surface area contributed by atoms with Gasteiger partial charge in [-0.15, -0.1) is 0 Å². The second-order valence-corrected chi connectivity index (χ2v) is 15.6. The van der Waals surface area contributed by atoms with Gasteiger partial charge in [-0.2, -0.15) is 0 Å². The van der Waals surface area contributed by atoms with E-state index >= 15 is 0 Å². The Kier molecular flexibility index (Phi) is 5.81. The van der Waals surface area contributed by atoms with Crippen LogP contribution in [0.25, 0.3) is 55.3 Å². The molecule has 8 aromatic carbocycles. The molecule has 0 amide bonds. The Hall–Kier alpha value is -6.64. The average molecular weight is 690 g/mol. The number of rotatable bonds is 3. The van der Waals surface area contributed by atoms with Crippen LogP contribution in [-0.4, -0.2) is 0 Å². The number of anilines is 3. The van der Waals surface area contributed by atoms with Crippen LogP contribution in [0.4, 0.5) is 17.1 Å². The van der Waals surface area contributed by atoms with Crippen molar-refractivity contribution in [2.24, 2.45) is 0 Å². The van der Waals surface area contributed by atoms with Crippen LogP contribution in [0, 0.1) is 0 Å². The monoisotopic (exact) mass is 689 g/mol. The fourth-order valence-electron chi connectivity index (χ4n) is 10.4. The summed E-state index contributed by atoms with van der Waals surface area (Å²) in [5.74, 6) is 0. The van der Waals surface area contributed by atoms with Crippen LogP contribution in [0.1, 0.15) is 47.2 Å². The van der Waals surface area contributed by atoms with E-state index in [1.165, 1.54) is 66.8 Å². The van der Waals surface area contributed by atoms with Gasteiger partial charge in [0.05, 0.1) is 16.5 Å². The molecule has 0 atom stereocenters. The van der Waals surface area contributed by atoms with E-state index in [9.17, 15) is 0 Å². The predicted octanol–water partition coefficient (Wildman–Crippen LogP) is 13.7. The smallest absolute Gasteiger partial charge is 0.137 e. The Morgan fingerprint density at radius 2 is 0.889 bits per heavy atom. The lowest BCUT2D eigenvalue weighted by Crippen LogP contribution is -2.26. The molecule has 2 heteroatoms. The number of fused-ring (bicyclic) bond motifs is 16. The zero-order valence-corrected chi connectivity index (χ0v) is 30.1. The Balaban J connectivity index is 1.17. The first-order valence-electron chi connectivity index (χ1n) is 18.9. The van der Waals surface area contributed by atoms with Crippen molar-refractivity contribution in [3.05, 3.63) is 209 Å². The van der Waals surface area contributed by atoms with Crippen molar-refractivity contribution in [1.29, 1.82) is 0 Å². The van der Waals surface area contributed by atoms with Gasteiger partial charge in [0.15, 0.2) is 0 Å². The van der Waals surface area contributed by atoms with Crippen LogP contribution < -0.4 is 4.90 Å². The maximum atomic E-state index is 6.51. The standard InChI is InChI=1S/C52H35NO/c1-51(2)41-19-8-3-17-37(41)40-30-32(27-29-42(40)51)53(47-23-13-25-49-50(47)39-18-7-12-24-48(39)54-49)33-26-28-38-36-16-6-11-22-45(36)52(46(38)31-33)43-20-9-4-14-34(43)35-15-5-10-21-44(35)52/h3-31H,1-2H3. The van der Waals surface area contributed by atoms with E-state index in [-0.39, 0.29) is 5.41 Å². The SMILES string of the molecule is CC1(C)c2ccccc2-c2cc(N(c3ccc4c(c3)C3(c5ccccc5-c5ccccc53)c3ccccc3-4)c3cccc4oc5ccccc5c34)ccc21. The quantitative estimate of drug-likeness (QED) is 0.184. The van der Waals surface area contributed by atoms with Gasteiger partial charge in [0.2, 0.25) is 0 Å². The molecule has 12 rings (SSSR count). The summed E-state index contributed by atoms with van der Waals surface area (Å²) in [6, 6.07) is 65.2. The Labute approximate surface area is 314 Å². The minimum Gasteiger partial charge on any atom is -0.456 e. The number of furan rings is 1. The van der Waals surface area contributed by atoms with E-state index in [4.69, 9.17) is 4.42 Å². The van der Waals surface area contributed by atoms with Crippen LogP contribution in [0.2, 0.25) is 0 Å². The number of benzene rings is 8. The molecular formula is C52H35NO. The molecule has 0 unspecified atom stereocenters. The van der Waals surface area contributed by atoms with E-state index in [2.05, 4.69) is 195 Å². The summed E-state index contributed by atoms with van der Waals surface area (Å²) in [4.78, 5) is 2.47. The second-order valence-electron chi connectivity index (χ2n) is 15.6. The largest absolute Gasteiger partial charge is 0.456 e. The van der Waals surface area contributed by atoms with Crippen LogP contribution in [0.5, 0.6) is 0 Å². The molecule has 0 aliphatic heterocycles. The van der Waals surface area contributed by atoms with Crippen molar-refractivity contribution in [3.8, 4) is 33.4 Å². The third kappa shape index (κ3) is 3.65.